The number of likely N-dealkylation sites (N-methyl/N-ethyl adjacent to an activating group) is 1. The number of amides is 1. The molecule has 1 aliphatic rings. The fraction of sp³-hybridized carbons (Fsp3) is 0.167. The lowest BCUT2D eigenvalue weighted by molar-refractivity contribution is 0.102. The highest BCUT2D eigenvalue weighted by Crippen LogP contribution is 2.38. The second kappa shape index (κ2) is 6.22. The Morgan fingerprint density at radius 2 is 2.08 bits per heavy atom. The minimum atomic E-state index is -0.156. The van der Waals surface area contributed by atoms with Crippen LogP contribution in [0.2, 0.25) is 5.02 Å². The molecule has 0 saturated carbocycles. The molecular formula is C18H16ClN5O. The van der Waals surface area contributed by atoms with Crippen LogP contribution in [0, 0.1) is 0 Å². The van der Waals surface area contributed by atoms with E-state index in [0.29, 0.717) is 16.3 Å². The number of H-pyrrole nitrogens is 1. The van der Waals surface area contributed by atoms with Gasteiger partial charge < -0.3 is 10.2 Å². The van der Waals surface area contributed by atoms with E-state index in [9.17, 15) is 4.79 Å². The first kappa shape index (κ1) is 15.7. The van der Waals surface area contributed by atoms with Crippen LogP contribution >= 0.6 is 11.6 Å². The van der Waals surface area contributed by atoms with Gasteiger partial charge in [0, 0.05) is 35.6 Å². The summed E-state index contributed by atoms with van der Waals surface area (Å²) in [4.78, 5) is 19.0. The summed E-state index contributed by atoms with van der Waals surface area (Å²) >= 11 is 5.88. The van der Waals surface area contributed by atoms with E-state index in [1.165, 1.54) is 6.33 Å². The number of carbonyl (C=O) groups excluding carboxylic acids is 1. The Morgan fingerprint density at radius 3 is 2.80 bits per heavy atom. The minimum absolute atomic E-state index is 0.0748. The van der Waals surface area contributed by atoms with Crippen molar-refractivity contribution in [2.24, 2.45) is 0 Å². The zero-order valence-corrected chi connectivity index (χ0v) is 14.3. The standard InChI is InChI=1S/C18H16ClN5O/c1-24-9-15(17-20-10-21-23-17)14-8-11(2-7-16(14)24)18(25)22-13-5-3-12(19)4-6-13/h2-8,10,15H,9H2,1H3,(H,22,25)(H,20,21,23). The molecule has 7 heteroatoms. The molecule has 0 fully saturated rings. The first-order chi connectivity index (χ1) is 12.1. The van der Waals surface area contributed by atoms with Gasteiger partial charge in [0.2, 0.25) is 0 Å². The smallest absolute Gasteiger partial charge is 0.255 e. The molecule has 1 atom stereocenters. The number of halogens is 1. The molecular weight excluding hydrogens is 338 g/mol. The summed E-state index contributed by atoms with van der Waals surface area (Å²) in [6.45, 7) is 0.798. The Hall–Kier alpha value is -2.86. The van der Waals surface area contributed by atoms with Crippen molar-refractivity contribution >= 4 is 28.9 Å². The van der Waals surface area contributed by atoms with Crippen LogP contribution in [0.25, 0.3) is 0 Å². The van der Waals surface area contributed by atoms with E-state index in [0.717, 1.165) is 23.6 Å². The number of nitrogens with zero attached hydrogens (tertiary/aromatic N) is 3. The Kier molecular flexibility index (Phi) is 3.89. The summed E-state index contributed by atoms with van der Waals surface area (Å²) in [5.41, 5.74) is 3.49. The van der Waals surface area contributed by atoms with Crippen LogP contribution in [0.1, 0.15) is 27.7 Å². The number of anilines is 2. The molecule has 0 aliphatic carbocycles. The SMILES string of the molecule is CN1CC(c2ncn[nH]2)c2cc(C(=O)Nc3ccc(Cl)cc3)ccc21. The maximum absolute atomic E-state index is 12.6. The predicted molar refractivity (Wildman–Crippen MR) is 97.3 cm³/mol. The summed E-state index contributed by atoms with van der Waals surface area (Å²) in [7, 11) is 2.03. The van der Waals surface area contributed by atoms with Gasteiger partial charge in [-0.3, -0.25) is 9.89 Å². The van der Waals surface area contributed by atoms with Gasteiger partial charge in [0.05, 0.1) is 5.92 Å². The third kappa shape index (κ3) is 2.96. The Morgan fingerprint density at radius 1 is 1.28 bits per heavy atom. The summed E-state index contributed by atoms with van der Waals surface area (Å²) in [6, 6.07) is 12.8. The lowest BCUT2D eigenvalue weighted by Crippen LogP contribution is -2.16. The second-order valence-electron chi connectivity index (χ2n) is 6.04. The van der Waals surface area contributed by atoms with Crippen LogP contribution in [-0.4, -0.2) is 34.7 Å². The molecule has 1 aliphatic heterocycles. The molecule has 1 unspecified atom stereocenters. The van der Waals surface area contributed by atoms with Crippen LogP contribution in [0.5, 0.6) is 0 Å². The molecule has 6 nitrogen and oxygen atoms in total. The van der Waals surface area contributed by atoms with Gasteiger partial charge in [-0.15, -0.1) is 0 Å². The molecule has 126 valence electrons. The molecule has 1 aromatic heterocycles. The number of carbonyl (C=O) groups is 1. The number of benzene rings is 2. The van der Waals surface area contributed by atoms with Gasteiger partial charge in [-0.1, -0.05) is 11.6 Å². The summed E-state index contributed by atoms with van der Waals surface area (Å²) in [5.74, 6) is 0.725. The number of rotatable bonds is 3. The number of hydrogen-bond acceptors (Lipinski definition) is 4. The zero-order chi connectivity index (χ0) is 17.4. The van der Waals surface area contributed by atoms with Gasteiger partial charge in [0.25, 0.3) is 5.91 Å². The van der Waals surface area contributed by atoms with Crippen LogP contribution in [0.3, 0.4) is 0 Å². The van der Waals surface area contributed by atoms with E-state index in [-0.39, 0.29) is 11.8 Å². The van der Waals surface area contributed by atoms with Gasteiger partial charge in [-0.25, -0.2) is 4.98 Å². The van der Waals surface area contributed by atoms with Crippen molar-refractivity contribution in [3.63, 3.8) is 0 Å². The second-order valence-corrected chi connectivity index (χ2v) is 6.47. The summed E-state index contributed by atoms with van der Waals surface area (Å²) < 4.78 is 0. The molecule has 0 saturated heterocycles. The minimum Gasteiger partial charge on any atom is -0.373 e. The fourth-order valence-electron chi connectivity index (χ4n) is 3.15. The first-order valence-electron chi connectivity index (χ1n) is 7.89. The maximum Gasteiger partial charge on any atom is 0.255 e. The van der Waals surface area contributed by atoms with Crippen molar-refractivity contribution in [2.75, 3.05) is 23.8 Å². The van der Waals surface area contributed by atoms with E-state index < -0.39 is 0 Å². The van der Waals surface area contributed by atoms with Crippen LogP contribution < -0.4 is 10.2 Å². The van der Waals surface area contributed by atoms with Crippen molar-refractivity contribution in [2.45, 2.75) is 5.92 Å². The molecule has 2 heterocycles. The van der Waals surface area contributed by atoms with Crippen molar-refractivity contribution in [3.05, 3.63) is 70.8 Å². The van der Waals surface area contributed by atoms with Gasteiger partial charge >= 0.3 is 0 Å². The largest absolute Gasteiger partial charge is 0.373 e. The Balaban J connectivity index is 1.63. The highest BCUT2D eigenvalue weighted by molar-refractivity contribution is 6.30. The van der Waals surface area contributed by atoms with Crippen LogP contribution in [-0.2, 0) is 0 Å². The van der Waals surface area contributed by atoms with Crippen molar-refractivity contribution < 1.29 is 4.79 Å². The monoisotopic (exact) mass is 353 g/mol. The van der Waals surface area contributed by atoms with Crippen molar-refractivity contribution in [1.82, 2.24) is 15.2 Å². The lowest BCUT2D eigenvalue weighted by Gasteiger charge is -2.12. The number of hydrogen-bond donors (Lipinski definition) is 2. The third-order valence-corrected chi connectivity index (χ3v) is 4.65. The maximum atomic E-state index is 12.6. The third-order valence-electron chi connectivity index (χ3n) is 4.40. The molecule has 0 bridgehead atoms. The predicted octanol–water partition coefficient (Wildman–Crippen LogP) is 3.29. The lowest BCUT2D eigenvalue weighted by atomic mass is 9.98. The molecule has 3 aromatic rings. The molecule has 0 radical (unpaired) electrons. The highest BCUT2D eigenvalue weighted by Gasteiger charge is 2.30. The number of aromatic nitrogens is 3. The van der Waals surface area contributed by atoms with E-state index in [1.54, 1.807) is 24.3 Å². The highest BCUT2D eigenvalue weighted by atomic mass is 35.5. The average Bonchev–Trinajstić information content (AvgIpc) is 3.25. The van der Waals surface area contributed by atoms with Crippen molar-refractivity contribution in [3.8, 4) is 0 Å². The van der Waals surface area contributed by atoms with Gasteiger partial charge in [0.15, 0.2) is 0 Å². The number of nitrogens with one attached hydrogen (secondary N) is 2. The molecule has 4 rings (SSSR count). The van der Waals surface area contributed by atoms with E-state index >= 15 is 0 Å². The summed E-state index contributed by atoms with van der Waals surface area (Å²) in [6.07, 6.45) is 1.50. The van der Waals surface area contributed by atoms with Gasteiger partial charge in [-0.2, -0.15) is 5.10 Å². The Labute approximate surface area is 149 Å². The number of fused-ring (bicyclic) bond motifs is 1. The Bertz CT molecular complexity index is 908. The molecule has 25 heavy (non-hydrogen) atoms. The van der Waals surface area contributed by atoms with Gasteiger partial charge in [-0.05, 0) is 48.0 Å². The average molecular weight is 354 g/mol. The van der Waals surface area contributed by atoms with Crippen molar-refractivity contribution in [1.29, 1.82) is 0 Å². The fourth-order valence-corrected chi connectivity index (χ4v) is 3.27. The molecule has 1 amide bonds. The molecule has 0 spiro atoms. The summed E-state index contributed by atoms with van der Waals surface area (Å²) in [5, 5.41) is 10.4. The van der Waals surface area contributed by atoms with Crippen LogP contribution in [0.15, 0.2) is 48.8 Å². The van der Waals surface area contributed by atoms with E-state index in [4.69, 9.17) is 11.6 Å². The topological polar surface area (TPSA) is 73.9 Å². The van der Waals surface area contributed by atoms with Gasteiger partial charge in [0.1, 0.15) is 12.2 Å². The first-order valence-corrected chi connectivity index (χ1v) is 8.27. The zero-order valence-electron chi connectivity index (χ0n) is 13.5. The van der Waals surface area contributed by atoms with Crippen LogP contribution in [0.4, 0.5) is 11.4 Å². The normalized spacial score (nSPS) is 15.9. The molecule has 2 aromatic carbocycles. The quantitative estimate of drug-likeness (QED) is 0.757. The van der Waals surface area contributed by atoms with E-state index in [2.05, 4.69) is 25.4 Å². The van der Waals surface area contributed by atoms with E-state index in [1.807, 2.05) is 25.2 Å². The number of aromatic amines is 1. The molecule has 2 N–H and O–H groups in total.